The zero-order valence-electron chi connectivity index (χ0n) is 10.1. The van der Waals surface area contributed by atoms with Gasteiger partial charge in [-0.05, 0) is 13.3 Å². The molecule has 1 aromatic rings. The summed E-state index contributed by atoms with van der Waals surface area (Å²) in [6.07, 6.45) is 0.748. The SMILES string of the molecule is CC[C@H](CO)NC(=O)CSCc1csc(C)n1. The number of aromatic nitrogens is 1. The molecule has 0 radical (unpaired) electrons. The first-order valence-corrected chi connectivity index (χ1v) is 7.58. The monoisotopic (exact) mass is 274 g/mol. The molecular weight excluding hydrogens is 256 g/mol. The molecule has 0 saturated heterocycles. The van der Waals surface area contributed by atoms with Crippen molar-refractivity contribution in [3.05, 3.63) is 16.1 Å². The van der Waals surface area contributed by atoms with E-state index >= 15 is 0 Å². The van der Waals surface area contributed by atoms with E-state index in [0.717, 1.165) is 22.9 Å². The summed E-state index contributed by atoms with van der Waals surface area (Å²) in [5.41, 5.74) is 1.03. The molecule has 0 aliphatic heterocycles. The predicted molar refractivity (Wildman–Crippen MR) is 72.3 cm³/mol. The third kappa shape index (κ3) is 5.52. The van der Waals surface area contributed by atoms with Crippen LogP contribution in [0.2, 0.25) is 0 Å². The fraction of sp³-hybridized carbons (Fsp3) is 0.636. The van der Waals surface area contributed by atoms with Crippen LogP contribution in [0.4, 0.5) is 0 Å². The molecule has 0 bridgehead atoms. The molecule has 1 amide bonds. The van der Waals surface area contributed by atoms with Gasteiger partial charge in [-0.2, -0.15) is 0 Å². The molecule has 0 aliphatic carbocycles. The summed E-state index contributed by atoms with van der Waals surface area (Å²) >= 11 is 3.16. The molecule has 6 heteroatoms. The van der Waals surface area contributed by atoms with Gasteiger partial charge < -0.3 is 10.4 Å². The van der Waals surface area contributed by atoms with Crippen LogP contribution in [-0.2, 0) is 10.5 Å². The van der Waals surface area contributed by atoms with Crippen molar-refractivity contribution in [3.8, 4) is 0 Å². The van der Waals surface area contributed by atoms with Gasteiger partial charge in [-0.3, -0.25) is 4.79 Å². The largest absolute Gasteiger partial charge is 0.394 e. The van der Waals surface area contributed by atoms with E-state index in [-0.39, 0.29) is 18.6 Å². The number of carbonyl (C=O) groups is 1. The highest BCUT2D eigenvalue weighted by atomic mass is 32.2. The van der Waals surface area contributed by atoms with E-state index in [0.29, 0.717) is 5.75 Å². The Morgan fingerprint density at radius 2 is 2.47 bits per heavy atom. The third-order valence-corrected chi connectivity index (χ3v) is 4.02. The number of nitrogens with one attached hydrogen (secondary N) is 1. The topological polar surface area (TPSA) is 62.2 Å². The number of nitrogens with zero attached hydrogens (tertiary/aromatic N) is 1. The van der Waals surface area contributed by atoms with Gasteiger partial charge in [0.2, 0.25) is 5.91 Å². The number of thiazole rings is 1. The third-order valence-electron chi connectivity index (χ3n) is 2.23. The zero-order chi connectivity index (χ0) is 12.7. The molecule has 0 aromatic carbocycles. The Balaban J connectivity index is 2.20. The van der Waals surface area contributed by atoms with Crippen LogP contribution in [-0.4, -0.2) is 34.4 Å². The quantitative estimate of drug-likeness (QED) is 0.792. The molecule has 1 aromatic heterocycles. The maximum Gasteiger partial charge on any atom is 0.230 e. The average molecular weight is 274 g/mol. The number of hydrogen-bond acceptors (Lipinski definition) is 5. The lowest BCUT2D eigenvalue weighted by Crippen LogP contribution is -2.37. The number of carbonyl (C=O) groups excluding carboxylic acids is 1. The minimum Gasteiger partial charge on any atom is -0.394 e. The molecule has 0 saturated carbocycles. The smallest absolute Gasteiger partial charge is 0.230 e. The van der Waals surface area contributed by atoms with E-state index in [1.54, 1.807) is 23.1 Å². The maximum absolute atomic E-state index is 11.5. The number of aliphatic hydroxyl groups is 1. The molecule has 0 aliphatic rings. The van der Waals surface area contributed by atoms with Crippen LogP contribution in [0.25, 0.3) is 0 Å². The number of rotatable bonds is 7. The summed E-state index contributed by atoms with van der Waals surface area (Å²) in [6.45, 7) is 3.91. The molecule has 0 fully saturated rings. The van der Waals surface area contributed by atoms with E-state index in [1.165, 1.54) is 0 Å². The summed E-state index contributed by atoms with van der Waals surface area (Å²) < 4.78 is 0. The molecule has 1 heterocycles. The highest BCUT2D eigenvalue weighted by Crippen LogP contribution is 2.14. The standard InChI is InChI=1S/C11H18N2O2S2/c1-3-9(4-14)13-11(15)7-16-5-10-6-17-8(2)12-10/h6,9,14H,3-5,7H2,1-2H3,(H,13,15)/t9-/m1/s1. The van der Waals surface area contributed by atoms with Gasteiger partial charge in [-0.1, -0.05) is 6.92 Å². The Hall–Kier alpha value is -0.590. The van der Waals surface area contributed by atoms with Crippen molar-refractivity contribution < 1.29 is 9.90 Å². The molecule has 2 N–H and O–H groups in total. The number of aliphatic hydroxyl groups excluding tert-OH is 1. The minimum atomic E-state index is -0.121. The van der Waals surface area contributed by atoms with E-state index < -0.39 is 0 Å². The fourth-order valence-electron chi connectivity index (χ4n) is 1.27. The lowest BCUT2D eigenvalue weighted by Gasteiger charge is -2.13. The van der Waals surface area contributed by atoms with Gasteiger partial charge in [0.05, 0.1) is 29.1 Å². The van der Waals surface area contributed by atoms with E-state index in [2.05, 4.69) is 10.3 Å². The second-order valence-electron chi connectivity index (χ2n) is 3.71. The molecule has 1 atom stereocenters. The Kier molecular flexibility index (Phi) is 6.54. The van der Waals surface area contributed by atoms with E-state index in [9.17, 15) is 4.79 Å². The van der Waals surface area contributed by atoms with Crippen LogP contribution >= 0.6 is 23.1 Å². The van der Waals surface area contributed by atoms with Crippen molar-refractivity contribution in [2.75, 3.05) is 12.4 Å². The Morgan fingerprint density at radius 3 is 3.00 bits per heavy atom. The van der Waals surface area contributed by atoms with Gasteiger partial charge in [-0.25, -0.2) is 4.98 Å². The van der Waals surface area contributed by atoms with Gasteiger partial charge in [0, 0.05) is 11.1 Å². The van der Waals surface area contributed by atoms with Gasteiger partial charge in [0.15, 0.2) is 0 Å². The molecule has 0 spiro atoms. The Morgan fingerprint density at radius 1 is 1.71 bits per heavy atom. The second kappa shape index (κ2) is 7.68. The summed E-state index contributed by atoms with van der Waals surface area (Å²) in [4.78, 5) is 15.8. The van der Waals surface area contributed by atoms with Crippen LogP contribution < -0.4 is 5.32 Å². The summed E-state index contributed by atoms with van der Waals surface area (Å²) in [5, 5.41) is 14.8. The number of thioether (sulfide) groups is 1. The minimum absolute atomic E-state index is 0.00180. The molecule has 4 nitrogen and oxygen atoms in total. The maximum atomic E-state index is 11.5. The Labute approximate surface area is 110 Å². The van der Waals surface area contributed by atoms with E-state index in [1.807, 2.05) is 19.2 Å². The highest BCUT2D eigenvalue weighted by Gasteiger charge is 2.09. The first kappa shape index (κ1) is 14.5. The zero-order valence-corrected chi connectivity index (χ0v) is 11.7. The number of hydrogen-bond donors (Lipinski definition) is 2. The first-order chi connectivity index (χ1) is 8.15. The fourth-order valence-corrected chi connectivity index (χ4v) is 2.71. The van der Waals surface area contributed by atoms with Crippen LogP contribution in [0.1, 0.15) is 24.0 Å². The number of aryl methyl sites for hydroxylation is 1. The Bertz CT molecular complexity index is 351. The summed E-state index contributed by atoms with van der Waals surface area (Å²) in [6, 6.07) is -0.121. The van der Waals surface area contributed by atoms with Crippen LogP contribution in [0.3, 0.4) is 0 Å². The molecule has 96 valence electrons. The molecule has 1 rings (SSSR count). The van der Waals surface area contributed by atoms with Crippen molar-refractivity contribution in [3.63, 3.8) is 0 Å². The van der Waals surface area contributed by atoms with Crippen LogP contribution in [0.15, 0.2) is 5.38 Å². The van der Waals surface area contributed by atoms with Crippen molar-refractivity contribution in [2.45, 2.75) is 32.1 Å². The predicted octanol–water partition coefficient (Wildman–Crippen LogP) is 1.57. The summed E-state index contributed by atoms with van der Waals surface area (Å²) in [7, 11) is 0. The lowest BCUT2D eigenvalue weighted by atomic mass is 10.2. The molecule has 17 heavy (non-hydrogen) atoms. The molecule has 0 unspecified atom stereocenters. The molecular formula is C11H18N2O2S2. The van der Waals surface area contributed by atoms with Crippen molar-refractivity contribution in [1.29, 1.82) is 0 Å². The van der Waals surface area contributed by atoms with Gasteiger partial charge in [-0.15, -0.1) is 23.1 Å². The van der Waals surface area contributed by atoms with E-state index in [4.69, 9.17) is 5.11 Å². The highest BCUT2D eigenvalue weighted by molar-refractivity contribution is 7.99. The van der Waals surface area contributed by atoms with Crippen LogP contribution in [0.5, 0.6) is 0 Å². The van der Waals surface area contributed by atoms with Crippen molar-refractivity contribution in [2.24, 2.45) is 0 Å². The average Bonchev–Trinajstić information content (AvgIpc) is 2.72. The summed E-state index contributed by atoms with van der Waals surface area (Å²) in [5.74, 6) is 1.14. The van der Waals surface area contributed by atoms with Crippen molar-refractivity contribution >= 4 is 29.0 Å². The van der Waals surface area contributed by atoms with Crippen molar-refractivity contribution in [1.82, 2.24) is 10.3 Å². The lowest BCUT2D eigenvalue weighted by molar-refractivity contribution is -0.119. The van der Waals surface area contributed by atoms with Gasteiger partial charge >= 0.3 is 0 Å². The number of amides is 1. The first-order valence-electron chi connectivity index (χ1n) is 5.54. The van der Waals surface area contributed by atoms with Gasteiger partial charge in [0.1, 0.15) is 0 Å². The van der Waals surface area contributed by atoms with Crippen LogP contribution in [0, 0.1) is 6.92 Å². The normalized spacial score (nSPS) is 12.4. The van der Waals surface area contributed by atoms with Gasteiger partial charge in [0.25, 0.3) is 0 Å². The second-order valence-corrected chi connectivity index (χ2v) is 5.75.